The van der Waals surface area contributed by atoms with E-state index in [1.165, 1.54) is 13.8 Å². The van der Waals surface area contributed by atoms with Gasteiger partial charge in [0.05, 0.1) is 10.9 Å². The molecule has 2 unspecified atom stereocenters. The van der Waals surface area contributed by atoms with Crippen LogP contribution in [-0.4, -0.2) is 39.3 Å². The third kappa shape index (κ3) is 3.89. The first-order chi connectivity index (χ1) is 10.8. The van der Waals surface area contributed by atoms with Crippen molar-refractivity contribution in [2.75, 3.05) is 10.2 Å². The van der Waals surface area contributed by atoms with Gasteiger partial charge in [-0.2, -0.15) is 0 Å². The molecule has 0 radical (unpaired) electrons. The molecule has 2 rings (SSSR count). The van der Waals surface area contributed by atoms with Gasteiger partial charge in [0.15, 0.2) is 0 Å². The Bertz CT molecular complexity index is 658. The molecular weight excluding hydrogens is 320 g/mol. The monoisotopic (exact) mass is 336 g/mol. The highest BCUT2D eigenvalue weighted by Crippen LogP contribution is 2.32. The summed E-state index contributed by atoms with van der Waals surface area (Å²) in [6, 6.07) is 6.32. The van der Waals surface area contributed by atoms with Gasteiger partial charge in [-0.25, -0.2) is 4.90 Å². The van der Waals surface area contributed by atoms with Crippen LogP contribution in [-0.2, 0) is 19.2 Å². The number of nitrogens with zero attached hydrogens (tertiary/aromatic N) is 1. The Kier molecular flexibility index (Phi) is 5.05. The van der Waals surface area contributed by atoms with Crippen LogP contribution in [0.3, 0.4) is 0 Å². The number of thioether (sulfide) groups is 1. The van der Waals surface area contributed by atoms with Crippen LogP contribution in [0.4, 0.5) is 11.4 Å². The van der Waals surface area contributed by atoms with E-state index in [-0.39, 0.29) is 18.2 Å². The Hall–Kier alpha value is -2.35. The van der Waals surface area contributed by atoms with E-state index in [9.17, 15) is 19.2 Å². The van der Waals surface area contributed by atoms with Crippen molar-refractivity contribution in [2.45, 2.75) is 30.8 Å². The molecule has 2 atom stereocenters. The lowest BCUT2D eigenvalue weighted by Gasteiger charge is -2.16. The zero-order chi connectivity index (χ0) is 17.1. The highest BCUT2D eigenvalue weighted by atomic mass is 32.2. The molecule has 0 saturated carbocycles. The number of carbonyl (C=O) groups excluding carboxylic acids is 3. The Morgan fingerprint density at radius 1 is 1.30 bits per heavy atom. The quantitative estimate of drug-likeness (QED) is 0.790. The fourth-order valence-corrected chi connectivity index (χ4v) is 3.25. The fourth-order valence-electron chi connectivity index (χ4n) is 2.18. The molecule has 23 heavy (non-hydrogen) atoms. The largest absolute Gasteiger partial charge is 0.480 e. The van der Waals surface area contributed by atoms with Gasteiger partial charge >= 0.3 is 5.97 Å². The van der Waals surface area contributed by atoms with Crippen molar-refractivity contribution in [2.24, 2.45) is 0 Å². The second-order valence-electron chi connectivity index (χ2n) is 5.10. The SMILES string of the molecule is CC(=O)Nc1ccc(N2C(=O)CC(SC(C)C(=O)O)C2=O)cc1. The van der Waals surface area contributed by atoms with E-state index in [0.717, 1.165) is 16.7 Å². The summed E-state index contributed by atoms with van der Waals surface area (Å²) in [5.41, 5.74) is 0.964. The molecule has 2 N–H and O–H groups in total. The number of hydrogen-bond donors (Lipinski definition) is 2. The van der Waals surface area contributed by atoms with Crippen molar-refractivity contribution in [1.82, 2.24) is 0 Å². The highest BCUT2D eigenvalue weighted by molar-refractivity contribution is 8.01. The molecule has 1 saturated heterocycles. The number of benzene rings is 1. The molecule has 1 fully saturated rings. The van der Waals surface area contributed by atoms with E-state index >= 15 is 0 Å². The van der Waals surface area contributed by atoms with Crippen LogP contribution in [0.25, 0.3) is 0 Å². The number of imide groups is 1. The van der Waals surface area contributed by atoms with Crippen molar-refractivity contribution in [1.29, 1.82) is 0 Å². The normalized spacial score (nSPS) is 18.9. The lowest BCUT2D eigenvalue weighted by Crippen LogP contribution is -2.32. The molecule has 0 bridgehead atoms. The van der Waals surface area contributed by atoms with E-state index in [0.29, 0.717) is 11.4 Å². The number of anilines is 2. The van der Waals surface area contributed by atoms with Crippen molar-refractivity contribution in [3.63, 3.8) is 0 Å². The maximum atomic E-state index is 12.4. The van der Waals surface area contributed by atoms with Gasteiger partial charge in [0, 0.05) is 19.0 Å². The summed E-state index contributed by atoms with van der Waals surface area (Å²) in [6.07, 6.45) is -0.0193. The zero-order valence-electron chi connectivity index (χ0n) is 12.6. The van der Waals surface area contributed by atoms with Gasteiger partial charge in [0.25, 0.3) is 0 Å². The predicted octanol–water partition coefficient (Wildman–Crippen LogP) is 1.48. The van der Waals surface area contributed by atoms with Gasteiger partial charge in [-0.15, -0.1) is 11.8 Å². The minimum Gasteiger partial charge on any atom is -0.480 e. The summed E-state index contributed by atoms with van der Waals surface area (Å²) in [7, 11) is 0. The van der Waals surface area contributed by atoms with Gasteiger partial charge in [0.1, 0.15) is 5.25 Å². The number of aliphatic carboxylic acids is 1. The molecule has 0 aromatic heterocycles. The molecule has 1 aliphatic rings. The molecule has 122 valence electrons. The van der Waals surface area contributed by atoms with Crippen LogP contribution in [0.2, 0.25) is 0 Å². The molecule has 1 heterocycles. The van der Waals surface area contributed by atoms with E-state index in [1.807, 2.05) is 0 Å². The predicted molar refractivity (Wildman–Crippen MR) is 86.3 cm³/mol. The van der Waals surface area contributed by atoms with Crippen LogP contribution in [0.15, 0.2) is 24.3 Å². The maximum absolute atomic E-state index is 12.4. The standard InChI is InChI=1S/C15H16N2O5S/c1-8(15(21)22)23-12-7-13(19)17(14(12)20)11-5-3-10(4-6-11)16-9(2)18/h3-6,8,12H,7H2,1-2H3,(H,16,18)(H,21,22). The van der Waals surface area contributed by atoms with Gasteiger partial charge in [-0.1, -0.05) is 0 Å². The molecule has 1 aromatic rings. The summed E-state index contributed by atoms with van der Waals surface area (Å²) in [4.78, 5) is 47.4. The maximum Gasteiger partial charge on any atom is 0.316 e. The summed E-state index contributed by atoms with van der Waals surface area (Å²) >= 11 is 0.969. The Morgan fingerprint density at radius 2 is 1.91 bits per heavy atom. The minimum absolute atomic E-state index is 0.0193. The topological polar surface area (TPSA) is 104 Å². The smallest absolute Gasteiger partial charge is 0.316 e. The van der Waals surface area contributed by atoms with E-state index in [2.05, 4.69) is 5.32 Å². The number of carbonyl (C=O) groups is 4. The first-order valence-corrected chi connectivity index (χ1v) is 7.86. The minimum atomic E-state index is -1.02. The van der Waals surface area contributed by atoms with Gasteiger partial charge in [-0.05, 0) is 31.2 Å². The third-order valence-corrected chi connectivity index (χ3v) is 4.57. The van der Waals surface area contributed by atoms with Crippen molar-refractivity contribution >= 4 is 46.8 Å². The van der Waals surface area contributed by atoms with Crippen molar-refractivity contribution < 1.29 is 24.3 Å². The molecule has 1 aromatic carbocycles. The Balaban J connectivity index is 2.13. The van der Waals surface area contributed by atoms with E-state index < -0.39 is 22.4 Å². The number of hydrogen-bond acceptors (Lipinski definition) is 5. The molecule has 8 heteroatoms. The number of carboxylic acids is 1. The first kappa shape index (κ1) is 17.0. The fraction of sp³-hybridized carbons (Fsp3) is 0.333. The van der Waals surface area contributed by atoms with E-state index in [1.54, 1.807) is 24.3 Å². The number of nitrogens with one attached hydrogen (secondary N) is 1. The van der Waals surface area contributed by atoms with Crippen molar-refractivity contribution in [3.05, 3.63) is 24.3 Å². The number of carboxylic acid groups (broad SMARTS) is 1. The van der Waals surface area contributed by atoms with Crippen LogP contribution >= 0.6 is 11.8 Å². The summed E-state index contributed by atoms with van der Waals surface area (Å²) in [6.45, 7) is 2.86. The highest BCUT2D eigenvalue weighted by Gasteiger charge is 2.41. The van der Waals surface area contributed by atoms with Crippen LogP contribution in [0, 0.1) is 0 Å². The van der Waals surface area contributed by atoms with Crippen LogP contribution in [0.1, 0.15) is 20.3 Å². The molecule has 7 nitrogen and oxygen atoms in total. The second-order valence-corrected chi connectivity index (χ2v) is 6.65. The van der Waals surface area contributed by atoms with Gasteiger partial charge in [0.2, 0.25) is 17.7 Å². The van der Waals surface area contributed by atoms with Gasteiger partial charge in [-0.3, -0.25) is 19.2 Å². The third-order valence-electron chi connectivity index (χ3n) is 3.27. The summed E-state index contributed by atoms with van der Waals surface area (Å²) in [5.74, 6) is -2.02. The molecule has 0 aliphatic carbocycles. The molecule has 0 spiro atoms. The average Bonchev–Trinajstić information content (AvgIpc) is 2.74. The number of amides is 3. The molecular formula is C15H16N2O5S. The van der Waals surface area contributed by atoms with Crippen molar-refractivity contribution in [3.8, 4) is 0 Å². The van der Waals surface area contributed by atoms with Crippen LogP contribution < -0.4 is 10.2 Å². The Labute approximate surface area is 137 Å². The molecule has 1 aliphatic heterocycles. The molecule has 3 amide bonds. The summed E-state index contributed by atoms with van der Waals surface area (Å²) < 4.78 is 0. The van der Waals surface area contributed by atoms with E-state index in [4.69, 9.17) is 5.11 Å². The average molecular weight is 336 g/mol. The lowest BCUT2D eigenvalue weighted by atomic mass is 10.2. The summed E-state index contributed by atoms with van der Waals surface area (Å²) in [5, 5.41) is 10.1. The number of rotatable bonds is 5. The first-order valence-electron chi connectivity index (χ1n) is 6.92. The second kappa shape index (κ2) is 6.82. The van der Waals surface area contributed by atoms with Gasteiger partial charge < -0.3 is 10.4 Å². The lowest BCUT2D eigenvalue weighted by molar-refractivity contribution is -0.136. The zero-order valence-corrected chi connectivity index (χ0v) is 13.4. The Morgan fingerprint density at radius 3 is 2.43 bits per heavy atom. The van der Waals surface area contributed by atoms with Crippen LogP contribution in [0.5, 0.6) is 0 Å².